The highest BCUT2D eigenvalue weighted by Crippen LogP contribution is 2.41. The molecule has 0 amide bonds. The fourth-order valence-corrected chi connectivity index (χ4v) is 3.77. The molecule has 0 unspecified atom stereocenters. The molecule has 0 aliphatic carbocycles. The van der Waals surface area contributed by atoms with Crippen LogP contribution in [0.5, 0.6) is 23.0 Å². The van der Waals surface area contributed by atoms with Gasteiger partial charge < -0.3 is 23.5 Å². The van der Waals surface area contributed by atoms with Crippen molar-refractivity contribution in [2.75, 3.05) is 13.6 Å². The summed E-state index contributed by atoms with van der Waals surface area (Å²) in [7, 11) is -4.92. The Kier molecular flexibility index (Phi) is 4.02. The zero-order valence-corrected chi connectivity index (χ0v) is 15.8. The summed E-state index contributed by atoms with van der Waals surface area (Å²) in [6.07, 6.45) is 3.18. The monoisotopic (exact) mass is 417 g/mol. The molecule has 0 atom stereocenters. The number of aryl methyl sites for hydroxylation is 2. The minimum absolute atomic E-state index is 0.296. The van der Waals surface area contributed by atoms with Gasteiger partial charge in [-0.1, -0.05) is 0 Å². The standard InChI is InChI=1S/C19H14NO4.H2O4S/c1-2-20-8-13-6-18-17(22-9-23-18)5-12(13)3-15(20)14-7-19-16(4-11(1)14)21-10-24-19;1-5(2,3)4/h3-8H,1-2,9-10H2;(H2,1,2,3,4)/q+1;/p-1. The van der Waals surface area contributed by atoms with E-state index in [-0.39, 0.29) is 0 Å². The van der Waals surface area contributed by atoms with Gasteiger partial charge in [-0.15, -0.1) is 0 Å². The Labute approximate surface area is 165 Å². The molecule has 2 aromatic carbocycles. The van der Waals surface area contributed by atoms with Crippen LogP contribution in [-0.2, 0) is 23.4 Å². The molecule has 9 nitrogen and oxygen atoms in total. The second kappa shape index (κ2) is 6.48. The summed E-state index contributed by atoms with van der Waals surface area (Å²) in [6.45, 7) is 1.55. The molecule has 10 heteroatoms. The molecule has 4 heterocycles. The van der Waals surface area contributed by atoms with Gasteiger partial charge in [0, 0.05) is 17.9 Å². The van der Waals surface area contributed by atoms with E-state index in [1.807, 2.05) is 0 Å². The third kappa shape index (κ3) is 3.41. The maximum atomic E-state index is 8.63. The zero-order valence-electron chi connectivity index (χ0n) is 15.0. The van der Waals surface area contributed by atoms with Crippen LogP contribution in [-0.4, -0.2) is 31.1 Å². The number of hydrogen-bond donors (Lipinski definition) is 1. The summed E-state index contributed by atoms with van der Waals surface area (Å²) >= 11 is 0. The molecule has 6 rings (SSSR count). The lowest BCUT2D eigenvalue weighted by atomic mass is 9.95. The predicted octanol–water partition coefficient (Wildman–Crippen LogP) is 1.81. The molecule has 0 spiro atoms. The van der Waals surface area contributed by atoms with E-state index < -0.39 is 10.4 Å². The molecule has 0 saturated heterocycles. The summed E-state index contributed by atoms with van der Waals surface area (Å²) in [5.74, 6) is 3.32. The first kappa shape index (κ1) is 18.0. The molecule has 150 valence electrons. The van der Waals surface area contributed by atoms with Crippen molar-refractivity contribution < 1.29 is 41.0 Å². The van der Waals surface area contributed by atoms with Crippen molar-refractivity contribution in [2.24, 2.45) is 0 Å². The molecule has 0 radical (unpaired) electrons. The van der Waals surface area contributed by atoms with Crippen molar-refractivity contribution in [3.05, 3.63) is 42.1 Å². The minimum Gasteiger partial charge on any atom is -0.726 e. The number of pyridine rings is 1. The highest BCUT2D eigenvalue weighted by molar-refractivity contribution is 7.79. The Hall–Kier alpha value is -3.08. The van der Waals surface area contributed by atoms with Crippen molar-refractivity contribution in [2.45, 2.75) is 13.0 Å². The van der Waals surface area contributed by atoms with Crippen LogP contribution >= 0.6 is 0 Å². The molecule has 0 fully saturated rings. The van der Waals surface area contributed by atoms with Gasteiger partial charge in [0.25, 0.3) is 0 Å². The lowest BCUT2D eigenvalue weighted by Gasteiger charge is -2.16. The van der Waals surface area contributed by atoms with Crippen molar-refractivity contribution >= 4 is 21.2 Å². The summed E-state index contributed by atoms with van der Waals surface area (Å²) < 4.78 is 57.2. The maximum Gasteiger partial charge on any atom is 0.231 e. The summed E-state index contributed by atoms with van der Waals surface area (Å²) in [5, 5.41) is 2.31. The highest BCUT2D eigenvalue weighted by Gasteiger charge is 2.28. The molecule has 1 aromatic heterocycles. The first-order chi connectivity index (χ1) is 13.8. The highest BCUT2D eigenvalue weighted by atomic mass is 32.3. The second-order valence-corrected chi connectivity index (χ2v) is 7.58. The summed E-state index contributed by atoms with van der Waals surface area (Å²) in [4.78, 5) is 0. The Morgan fingerprint density at radius 2 is 1.41 bits per heavy atom. The quantitative estimate of drug-likeness (QED) is 0.334. The van der Waals surface area contributed by atoms with E-state index in [0.717, 1.165) is 46.7 Å². The first-order valence-electron chi connectivity index (χ1n) is 8.73. The van der Waals surface area contributed by atoms with Crippen molar-refractivity contribution in [3.8, 4) is 34.3 Å². The number of aromatic nitrogens is 1. The van der Waals surface area contributed by atoms with Gasteiger partial charge in [-0.05, 0) is 35.2 Å². The SMILES string of the molecule is O=S(=O)([O-])O.c1c2c(cc3c1OCO3)-c1cc3cc4c(cc3c[n+]1CC2)OCO4. The predicted molar refractivity (Wildman–Crippen MR) is 97.9 cm³/mol. The van der Waals surface area contributed by atoms with E-state index in [1.165, 1.54) is 16.8 Å². The minimum atomic E-state index is -4.92. The number of nitrogens with zero attached hydrogens (tertiary/aromatic N) is 1. The topological polar surface area (TPSA) is 118 Å². The first-order valence-corrected chi connectivity index (χ1v) is 10.1. The number of ether oxygens (including phenoxy) is 4. The Morgan fingerprint density at radius 3 is 2.07 bits per heavy atom. The molecule has 3 aliphatic rings. The largest absolute Gasteiger partial charge is 0.726 e. The zero-order chi connectivity index (χ0) is 20.2. The second-order valence-electron chi connectivity index (χ2n) is 6.73. The fraction of sp³-hybridized carbons (Fsp3) is 0.211. The molecule has 3 aromatic rings. The van der Waals surface area contributed by atoms with Crippen molar-refractivity contribution in [1.82, 2.24) is 0 Å². The van der Waals surface area contributed by atoms with Crippen LogP contribution in [0.25, 0.3) is 22.0 Å². The van der Waals surface area contributed by atoms with Crippen molar-refractivity contribution in [1.29, 1.82) is 0 Å². The van der Waals surface area contributed by atoms with E-state index in [2.05, 4.69) is 41.1 Å². The van der Waals surface area contributed by atoms with Crippen LogP contribution in [0.2, 0.25) is 0 Å². The third-order valence-corrected chi connectivity index (χ3v) is 4.97. The lowest BCUT2D eigenvalue weighted by Crippen LogP contribution is -2.39. The van der Waals surface area contributed by atoms with Gasteiger partial charge in [-0.2, -0.15) is 4.57 Å². The van der Waals surface area contributed by atoms with Gasteiger partial charge in [-0.25, -0.2) is 8.42 Å². The number of rotatable bonds is 0. The normalized spacial score (nSPS) is 15.4. The van der Waals surface area contributed by atoms with Gasteiger partial charge in [0.2, 0.25) is 29.7 Å². The molecule has 1 N–H and O–H groups in total. The Bertz CT molecular complexity index is 1250. The van der Waals surface area contributed by atoms with Crippen LogP contribution < -0.4 is 23.5 Å². The molecule has 3 aliphatic heterocycles. The summed E-state index contributed by atoms with van der Waals surface area (Å²) in [6, 6.07) is 10.5. The molecular formula is C19H15NO8S. The smallest absolute Gasteiger partial charge is 0.231 e. The van der Waals surface area contributed by atoms with Crippen molar-refractivity contribution in [3.63, 3.8) is 0 Å². The third-order valence-electron chi connectivity index (χ3n) is 4.97. The molecule has 29 heavy (non-hydrogen) atoms. The number of benzene rings is 2. The molecule has 0 saturated carbocycles. The van der Waals surface area contributed by atoms with Crippen LogP contribution in [0.15, 0.2) is 36.5 Å². The molecule has 0 bridgehead atoms. The lowest BCUT2D eigenvalue weighted by molar-refractivity contribution is -0.686. The van der Waals surface area contributed by atoms with E-state index in [1.54, 1.807) is 0 Å². The van der Waals surface area contributed by atoms with E-state index >= 15 is 0 Å². The van der Waals surface area contributed by atoms with Crippen LogP contribution in [0.4, 0.5) is 0 Å². The van der Waals surface area contributed by atoms with Gasteiger partial charge in [0.15, 0.2) is 35.7 Å². The van der Waals surface area contributed by atoms with Gasteiger partial charge in [0.1, 0.15) is 0 Å². The van der Waals surface area contributed by atoms with Gasteiger partial charge in [0.05, 0.1) is 5.56 Å². The average Bonchev–Trinajstić information content (AvgIpc) is 3.29. The average molecular weight is 417 g/mol. The van der Waals surface area contributed by atoms with E-state index in [4.69, 9.17) is 36.5 Å². The fourth-order valence-electron chi connectivity index (χ4n) is 3.77. The summed E-state index contributed by atoms with van der Waals surface area (Å²) in [5.41, 5.74) is 3.71. The van der Waals surface area contributed by atoms with Gasteiger partial charge in [-0.3, -0.25) is 4.55 Å². The number of fused-ring (bicyclic) bond motifs is 6. The molecular weight excluding hydrogens is 402 g/mol. The maximum absolute atomic E-state index is 8.63. The van der Waals surface area contributed by atoms with Gasteiger partial charge >= 0.3 is 0 Å². The number of hydrogen-bond acceptors (Lipinski definition) is 7. The van der Waals surface area contributed by atoms with E-state index in [0.29, 0.717) is 13.6 Å². The van der Waals surface area contributed by atoms with Crippen LogP contribution in [0.1, 0.15) is 5.56 Å². The van der Waals surface area contributed by atoms with Crippen LogP contribution in [0, 0.1) is 0 Å². The van der Waals surface area contributed by atoms with E-state index in [9.17, 15) is 0 Å². The Balaban J connectivity index is 0.000000328. The van der Waals surface area contributed by atoms with Crippen LogP contribution in [0.3, 0.4) is 0 Å². The Morgan fingerprint density at radius 1 is 0.862 bits per heavy atom.